The van der Waals surface area contributed by atoms with E-state index >= 15 is 0 Å². The lowest BCUT2D eigenvalue weighted by Gasteiger charge is -2.30. The summed E-state index contributed by atoms with van der Waals surface area (Å²) in [4.78, 5) is 12.4. The molecule has 0 saturated carbocycles. The molecule has 124 valence electrons. The zero-order valence-corrected chi connectivity index (χ0v) is 13.9. The summed E-state index contributed by atoms with van der Waals surface area (Å²) < 4.78 is 11.1. The van der Waals surface area contributed by atoms with Gasteiger partial charge in [-0.3, -0.25) is 4.79 Å². The van der Waals surface area contributed by atoms with Gasteiger partial charge >= 0.3 is 0 Å². The van der Waals surface area contributed by atoms with Crippen molar-refractivity contribution in [2.75, 3.05) is 19.8 Å². The van der Waals surface area contributed by atoms with Gasteiger partial charge in [0.2, 0.25) is 5.91 Å². The first-order valence-corrected chi connectivity index (χ1v) is 8.17. The lowest BCUT2D eigenvalue weighted by Crippen LogP contribution is -2.46. The van der Waals surface area contributed by atoms with E-state index in [-0.39, 0.29) is 12.0 Å². The highest BCUT2D eigenvalue weighted by molar-refractivity contribution is 6.32. The maximum absolute atomic E-state index is 12.4. The van der Waals surface area contributed by atoms with Crippen LogP contribution in [0.1, 0.15) is 26.2 Å². The van der Waals surface area contributed by atoms with E-state index in [1.807, 2.05) is 19.1 Å². The average Bonchev–Trinajstić information content (AvgIpc) is 2.60. The van der Waals surface area contributed by atoms with Crippen LogP contribution in [0, 0.1) is 16.7 Å². The van der Waals surface area contributed by atoms with E-state index in [1.165, 1.54) is 0 Å². The zero-order chi connectivity index (χ0) is 16.7. The van der Waals surface area contributed by atoms with Crippen molar-refractivity contribution in [3.63, 3.8) is 0 Å². The van der Waals surface area contributed by atoms with E-state index in [4.69, 9.17) is 21.1 Å². The molecule has 1 aromatic carbocycles. The van der Waals surface area contributed by atoms with Gasteiger partial charge in [-0.15, -0.1) is 0 Å². The lowest BCUT2D eigenvalue weighted by molar-refractivity contribution is -0.132. The van der Waals surface area contributed by atoms with Crippen LogP contribution in [0.3, 0.4) is 0 Å². The molecule has 1 saturated heterocycles. The Balaban J connectivity index is 1.93. The van der Waals surface area contributed by atoms with Crippen LogP contribution in [0.15, 0.2) is 24.3 Å². The molecule has 2 rings (SSSR count). The minimum Gasteiger partial charge on any atom is -0.487 e. The number of nitrogens with one attached hydrogen (secondary N) is 1. The average molecular weight is 337 g/mol. The lowest BCUT2D eigenvalue weighted by atomic mass is 9.81. The summed E-state index contributed by atoms with van der Waals surface area (Å²) in [6.45, 7) is 3.19. The molecule has 0 bridgehead atoms. The number of hydrogen-bond acceptors (Lipinski definition) is 4. The van der Waals surface area contributed by atoms with Gasteiger partial charge in [0.05, 0.1) is 17.6 Å². The quantitative estimate of drug-likeness (QED) is 0.867. The Morgan fingerprint density at radius 2 is 2.17 bits per heavy atom. The van der Waals surface area contributed by atoms with Crippen molar-refractivity contribution in [1.82, 2.24) is 5.32 Å². The highest BCUT2D eigenvalue weighted by Gasteiger charge is 2.40. The summed E-state index contributed by atoms with van der Waals surface area (Å²) in [6.07, 6.45) is 1.37. The maximum Gasteiger partial charge on any atom is 0.240 e. The number of rotatable bonds is 6. The van der Waals surface area contributed by atoms with Gasteiger partial charge in [-0.2, -0.15) is 5.26 Å². The van der Waals surface area contributed by atoms with Crippen LogP contribution >= 0.6 is 11.6 Å². The van der Waals surface area contributed by atoms with Crippen molar-refractivity contribution < 1.29 is 14.3 Å². The smallest absolute Gasteiger partial charge is 0.240 e. The molecule has 1 fully saturated rings. The predicted octanol–water partition coefficient (Wildman–Crippen LogP) is 2.93. The van der Waals surface area contributed by atoms with Crippen LogP contribution < -0.4 is 10.1 Å². The first-order valence-electron chi connectivity index (χ1n) is 7.80. The molecule has 1 atom stereocenters. The van der Waals surface area contributed by atoms with Gasteiger partial charge in [0.15, 0.2) is 0 Å². The van der Waals surface area contributed by atoms with Crippen molar-refractivity contribution in [1.29, 1.82) is 5.26 Å². The molecular formula is C17H21ClN2O3. The van der Waals surface area contributed by atoms with Crippen LogP contribution in [0.4, 0.5) is 0 Å². The van der Waals surface area contributed by atoms with Crippen LogP contribution in [0.5, 0.6) is 5.75 Å². The van der Waals surface area contributed by atoms with Gasteiger partial charge in [0.1, 0.15) is 17.3 Å². The van der Waals surface area contributed by atoms with Crippen molar-refractivity contribution in [2.24, 2.45) is 5.41 Å². The molecule has 1 amide bonds. The molecule has 0 radical (unpaired) electrons. The molecule has 6 heteroatoms. The number of nitriles is 1. The number of para-hydroxylation sites is 1. The Kier molecular flexibility index (Phi) is 6.26. The monoisotopic (exact) mass is 336 g/mol. The third-order valence-electron chi connectivity index (χ3n) is 4.07. The van der Waals surface area contributed by atoms with Gasteiger partial charge in [-0.1, -0.05) is 30.7 Å². The summed E-state index contributed by atoms with van der Waals surface area (Å²) in [5.74, 6) is 0.348. The molecule has 1 N–H and O–H groups in total. The van der Waals surface area contributed by atoms with Crippen LogP contribution in [0.2, 0.25) is 5.02 Å². The standard InChI is InChI=1S/C17H21ClN2O3/c1-2-13(23-15-6-4-3-5-14(15)18)11-20-16(21)17(12-19)7-9-22-10-8-17/h3-6,13H,2,7-11H2,1H3,(H,20,21)/t13-/m1/s1. The number of carbonyl (C=O) groups excluding carboxylic acids is 1. The summed E-state index contributed by atoms with van der Waals surface area (Å²) >= 11 is 6.09. The molecule has 1 heterocycles. The fourth-order valence-electron chi connectivity index (χ4n) is 2.47. The fourth-order valence-corrected chi connectivity index (χ4v) is 2.65. The minimum absolute atomic E-state index is 0.200. The van der Waals surface area contributed by atoms with E-state index in [2.05, 4.69) is 11.4 Å². The van der Waals surface area contributed by atoms with Gasteiger partial charge in [0, 0.05) is 13.2 Å². The van der Waals surface area contributed by atoms with Crippen molar-refractivity contribution >= 4 is 17.5 Å². The second-order valence-corrected chi connectivity index (χ2v) is 6.00. The number of benzene rings is 1. The summed E-state index contributed by atoms with van der Waals surface area (Å²) in [5.41, 5.74) is -0.985. The van der Waals surface area contributed by atoms with Crippen molar-refractivity contribution in [3.05, 3.63) is 29.3 Å². The number of carbonyl (C=O) groups is 1. The van der Waals surface area contributed by atoms with Crippen LogP contribution in [0.25, 0.3) is 0 Å². The number of ether oxygens (including phenoxy) is 2. The molecule has 0 aliphatic carbocycles. The van der Waals surface area contributed by atoms with Gasteiger partial charge < -0.3 is 14.8 Å². The number of nitrogens with zero attached hydrogens (tertiary/aromatic N) is 1. The van der Waals surface area contributed by atoms with Crippen LogP contribution in [-0.2, 0) is 9.53 Å². The third kappa shape index (κ3) is 4.37. The number of amides is 1. The van der Waals surface area contributed by atoms with E-state index in [0.717, 1.165) is 0 Å². The Bertz CT molecular complexity index is 579. The highest BCUT2D eigenvalue weighted by atomic mass is 35.5. The minimum atomic E-state index is -0.985. The van der Waals surface area contributed by atoms with Gasteiger partial charge in [-0.05, 0) is 31.4 Å². The third-order valence-corrected chi connectivity index (χ3v) is 4.38. The largest absolute Gasteiger partial charge is 0.487 e. The molecule has 1 aliphatic rings. The van der Waals surface area contributed by atoms with E-state index in [9.17, 15) is 10.1 Å². The molecule has 0 spiro atoms. The summed E-state index contributed by atoms with van der Waals surface area (Å²) in [6, 6.07) is 9.40. The number of hydrogen-bond donors (Lipinski definition) is 1. The van der Waals surface area contributed by atoms with Gasteiger partial charge in [-0.25, -0.2) is 0 Å². The first-order chi connectivity index (χ1) is 11.1. The summed E-state index contributed by atoms with van der Waals surface area (Å²) in [5, 5.41) is 12.8. The SMILES string of the molecule is CC[C@H](CNC(=O)C1(C#N)CCOCC1)Oc1ccccc1Cl. The Hall–Kier alpha value is -1.77. The maximum atomic E-state index is 12.4. The zero-order valence-electron chi connectivity index (χ0n) is 13.2. The topological polar surface area (TPSA) is 71.4 Å². The molecule has 1 aliphatic heterocycles. The van der Waals surface area contributed by atoms with E-state index < -0.39 is 5.41 Å². The van der Waals surface area contributed by atoms with E-state index in [0.29, 0.717) is 49.8 Å². The molecule has 0 aromatic heterocycles. The molecule has 0 unspecified atom stereocenters. The van der Waals surface area contributed by atoms with E-state index in [1.54, 1.807) is 12.1 Å². The first kappa shape index (κ1) is 17.6. The Labute approximate surface area is 141 Å². The normalized spacial score (nSPS) is 17.8. The molecular weight excluding hydrogens is 316 g/mol. The van der Waals surface area contributed by atoms with Crippen molar-refractivity contribution in [2.45, 2.75) is 32.3 Å². The number of halogens is 1. The molecule has 5 nitrogen and oxygen atoms in total. The Morgan fingerprint density at radius 1 is 1.48 bits per heavy atom. The second kappa shape index (κ2) is 8.19. The molecule has 1 aromatic rings. The Morgan fingerprint density at radius 3 is 2.78 bits per heavy atom. The van der Waals surface area contributed by atoms with Gasteiger partial charge in [0.25, 0.3) is 0 Å². The van der Waals surface area contributed by atoms with Crippen LogP contribution in [-0.4, -0.2) is 31.8 Å². The highest BCUT2D eigenvalue weighted by Crippen LogP contribution is 2.30. The fraction of sp³-hybridized carbons (Fsp3) is 0.529. The van der Waals surface area contributed by atoms with Crippen molar-refractivity contribution in [3.8, 4) is 11.8 Å². The molecule has 23 heavy (non-hydrogen) atoms. The predicted molar refractivity (Wildman–Crippen MR) is 87.3 cm³/mol. The summed E-state index contributed by atoms with van der Waals surface area (Å²) in [7, 11) is 0. The second-order valence-electron chi connectivity index (χ2n) is 5.59.